The molecule has 0 amide bonds. The number of nitrogens with one attached hydrogen (secondary N) is 2. The van der Waals surface area contributed by atoms with E-state index in [1.54, 1.807) is 11.3 Å². The summed E-state index contributed by atoms with van der Waals surface area (Å²) in [6, 6.07) is 6.39. The summed E-state index contributed by atoms with van der Waals surface area (Å²) in [7, 11) is 0. The zero-order chi connectivity index (χ0) is 17.4. The van der Waals surface area contributed by atoms with Crippen molar-refractivity contribution in [2.75, 3.05) is 19.6 Å². The van der Waals surface area contributed by atoms with E-state index in [1.165, 1.54) is 10.6 Å². The van der Waals surface area contributed by atoms with Gasteiger partial charge in [-0.05, 0) is 50.6 Å². The Morgan fingerprint density at radius 2 is 2.21 bits per heavy atom. The van der Waals surface area contributed by atoms with Gasteiger partial charge in [0.25, 0.3) is 0 Å². The van der Waals surface area contributed by atoms with Crippen LogP contribution in [0.5, 0.6) is 0 Å². The van der Waals surface area contributed by atoms with Gasteiger partial charge < -0.3 is 10.6 Å². The molecule has 2 heterocycles. The molecule has 0 aliphatic heterocycles. The molecule has 0 bridgehead atoms. The summed E-state index contributed by atoms with van der Waals surface area (Å²) < 4.78 is 2.08. The Labute approximate surface area is 149 Å². The van der Waals surface area contributed by atoms with Crippen molar-refractivity contribution in [1.29, 1.82) is 0 Å². The van der Waals surface area contributed by atoms with E-state index in [9.17, 15) is 0 Å². The molecular formula is C18H29N5S. The minimum Gasteiger partial charge on any atom is -0.357 e. The van der Waals surface area contributed by atoms with Crippen molar-refractivity contribution in [3.05, 3.63) is 39.8 Å². The van der Waals surface area contributed by atoms with Gasteiger partial charge in [-0.2, -0.15) is 5.10 Å². The molecule has 0 aromatic carbocycles. The van der Waals surface area contributed by atoms with Gasteiger partial charge in [0.2, 0.25) is 0 Å². The third-order valence-corrected chi connectivity index (χ3v) is 4.67. The Bertz CT molecular complexity index is 630. The third-order valence-electron chi connectivity index (χ3n) is 3.74. The van der Waals surface area contributed by atoms with Crippen LogP contribution >= 0.6 is 11.3 Å². The predicted octanol–water partition coefficient (Wildman–Crippen LogP) is 3.00. The molecule has 0 saturated carbocycles. The number of hydrogen-bond acceptors (Lipinski definition) is 3. The van der Waals surface area contributed by atoms with Gasteiger partial charge in [0, 0.05) is 36.8 Å². The highest BCUT2D eigenvalue weighted by Crippen LogP contribution is 2.08. The van der Waals surface area contributed by atoms with E-state index in [-0.39, 0.29) is 0 Å². The molecular weight excluding hydrogens is 318 g/mol. The number of guanidine groups is 1. The minimum absolute atomic E-state index is 0.441. The molecule has 2 aromatic rings. The number of thiophene rings is 1. The van der Waals surface area contributed by atoms with Crippen LogP contribution in [0.15, 0.2) is 28.6 Å². The van der Waals surface area contributed by atoms with Crippen molar-refractivity contribution in [2.24, 2.45) is 10.9 Å². The van der Waals surface area contributed by atoms with Gasteiger partial charge in [-0.25, -0.2) is 0 Å². The van der Waals surface area contributed by atoms with Crippen LogP contribution in [0.25, 0.3) is 0 Å². The minimum atomic E-state index is 0.441. The Hall–Kier alpha value is -1.82. The van der Waals surface area contributed by atoms with Gasteiger partial charge in [0.05, 0.1) is 5.69 Å². The lowest BCUT2D eigenvalue weighted by Crippen LogP contribution is -2.38. The summed E-state index contributed by atoms with van der Waals surface area (Å²) in [5.41, 5.74) is 2.29. The summed E-state index contributed by atoms with van der Waals surface area (Å²) in [6.07, 6.45) is 1.03. The zero-order valence-corrected chi connectivity index (χ0v) is 16.0. The molecule has 2 aromatic heterocycles. The quantitative estimate of drug-likeness (QED) is 0.570. The Kier molecular flexibility index (Phi) is 7.31. The summed E-state index contributed by atoms with van der Waals surface area (Å²) >= 11 is 1.80. The number of hydrogen-bond donors (Lipinski definition) is 2. The lowest BCUT2D eigenvalue weighted by Gasteiger charge is -2.14. The van der Waals surface area contributed by atoms with Gasteiger partial charge in [0.1, 0.15) is 0 Å². The van der Waals surface area contributed by atoms with E-state index in [4.69, 9.17) is 4.99 Å². The average Bonchev–Trinajstić information content (AvgIpc) is 3.15. The molecule has 1 unspecified atom stereocenters. The molecule has 1 atom stereocenters. The van der Waals surface area contributed by atoms with E-state index in [2.05, 4.69) is 64.8 Å². The lowest BCUT2D eigenvalue weighted by molar-refractivity contribution is 0.449. The molecule has 5 nitrogen and oxygen atoms in total. The van der Waals surface area contributed by atoms with Gasteiger partial charge >= 0.3 is 0 Å². The molecule has 0 saturated heterocycles. The monoisotopic (exact) mass is 347 g/mol. The van der Waals surface area contributed by atoms with Crippen LogP contribution in [0.3, 0.4) is 0 Å². The first kappa shape index (κ1) is 18.5. The highest BCUT2D eigenvalue weighted by molar-refractivity contribution is 7.09. The third kappa shape index (κ3) is 6.00. The Morgan fingerprint density at radius 3 is 2.83 bits per heavy atom. The second-order valence-corrected chi connectivity index (χ2v) is 7.22. The van der Waals surface area contributed by atoms with Gasteiger partial charge in [-0.1, -0.05) is 13.0 Å². The Balaban J connectivity index is 1.81. The molecule has 0 aliphatic carbocycles. The molecule has 0 spiro atoms. The standard InChI is InChI=1S/C18H29N5S/c1-5-19-18(20-9-8-17-7-6-10-24-17)21-12-14(2)13-23-16(4)11-15(3)22-23/h6-7,10-11,14H,5,8-9,12-13H2,1-4H3,(H2,19,20,21). The van der Waals surface area contributed by atoms with Crippen LogP contribution in [0, 0.1) is 19.8 Å². The van der Waals surface area contributed by atoms with E-state index in [1.807, 2.05) is 6.92 Å². The summed E-state index contributed by atoms with van der Waals surface area (Å²) in [5, 5.41) is 13.4. The van der Waals surface area contributed by atoms with Crippen LogP contribution in [0.2, 0.25) is 0 Å². The van der Waals surface area contributed by atoms with Gasteiger partial charge in [-0.15, -0.1) is 11.3 Å². The van der Waals surface area contributed by atoms with Crippen molar-refractivity contribution < 1.29 is 0 Å². The maximum atomic E-state index is 4.72. The first-order chi connectivity index (χ1) is 11.6. The fourth-order valence-corrected chi connectivity index (χ4v) is 3.27. The number of aryl methyl sites for hydroxylation is 2. The van der Waals surface area contributed by atoms with Crippen LogP contribution in [0.1, 0.15) is 30.1 Å². The SMILES string of the molecule is CCNC(=NCC(C)Cn1nc(C)cc1C)NCCc1cccs1. The van der Waals surface area contributed by atoms with Crippen molar-refractivity contribution in [1.82, 2.24) is 20.4 Å². The summed E-state index contributed by atoms with van der Waals surface area (Å²) in [5.74, 6) is 1.34. The van der Waals surface area contributed by atoms with Crippen LogP contribution < -0.4 is 10.6 Å². The number of nitrogens with zero attached hydrogens (tertiary/aromatic N) is 3. The van der Waals surface area contributed by atoms with E-state index in [0.717, 1.165) is 44.3 Å². The fraction of sp³-hybridized carbons (Fsp3) is 0.556. The molecule has 132 valence electrons. The van der Waals surface area contributed by atoms with Crippen LogP contribution in [-0.2, 0) is 13.0 Å². The second-order valence-electron chi connectivity index (χ2n) is 6.19. The normalized spacial score (nSPS) is 13.1. The highest BCUT2D eigenvalue weighted by atomic mass is 32.1. The van der Waals surface area contributed by atoms with E-state index in [0.29, 0.717) is 5.92 Å². The Morgan fingerprint density at radius 1 is 1.38 bits per heavy atom. The predicted molar refractivity (Wildman–Crippen MR) is 103 cm³/mol. The molecule has 2 N–H and O–H groups in total. The first-order valence-electron chi connectivity index (χ1n) is 8.64. The molecule has 6 heteroatoms. The molecule has 0 radical (unpaired) electrons. The summed E-state index contributed by atoms with van der Waals surface area (Å²) in [4.78, 5) is 6.12. The van der Waals surface area contributed by atoms with Crippen molar-refractivity contribution in [3.63, 3.8) is 0 Å². The van der Waals surface area contributed by atoms with E-state index < -0.39 is 0 Å². The largest absolute Gasteiger partial charge is 0.357 e. The molecule has 24 heavy (non-hydrogen) atoms. The maximum Gasteiger partial charge on any atom is 0.191 e. The van der Waals surface area contributed by atoms with E-state index >= 15 is 0 Å². The topological polar surface area (TPSA) is 54.2 Å². The van der Waals surface area contributed by atoms with Crippen LogP contribution in [0.4, 0.5) is 0 Å². The molecule has 0 fully saturated rings. The van der Waals surface area contributed by atoms with Crippen molar-refractivity contribution in [2.45, 2.75) is 40.7 Å². The lowest BCUT2D eigenvalue weighted by atomic mass is 10.2. The average molecular weight is 348 g/mol. The smallest absolute Gasteiger partial charge is 0.191 e. The zero-order valence-electron chi connectivity index (χ0n) is 15.2. The number of aliphatic imine (C=N–C) groups is 1. The number of rotatable bonds is 8. The highest BCUT2D eigenvalue weighted by Gasteiger charge is 2.07. The second kappa shape index (κ2) is 9.47. The fourth-order valence-electron chi connectivity index (χ4n) is 2.56. The van der Waals surface area contributed by atoms with Gasteiger partial charge in [-0.3, -0.25) is 9.67 Å². The van der Waals surface area contributed by atoms with Crippen molar-refractivity contribution in [3.8, 4) is 0 Å². The van der Waals surface area contributed by atoms with Crippen molar-refractivity contribution >= 4 is 17.3 Å². The van der Waals surface area contributed by atoms with Gasteiger partial charge in [0.15, 0.2) is 5.96 Å². The summed E-state index contributed by atoms with van der Waals surface area (Å²) in [6.45, 7) is 11.9. The molecule has 0 aliphatic rings. The first-order valence-corrected chi connectivity index (χ1v) is 9.52. The number of aromatic nitrogens is 2. The molecule has 2 rings (SSSR count). The maximum absolute atomic E-state index is 4.72. The van der Waals surface area contributed by atoms with Crippen LogP contribution in [-0.4, -0.2) is 35.4 Å².